The minimum absolute atomic E-state index is 0.0346. The summed E-state index contributed by atoms with van der Waals surface area (Å²) < 4.78 is 0. The normalized spacial score (nSPS) is 10.4. The zero-order valence-electron chi connectivity index (χ0n) is 10.7. The number of anilines is 1. The van der Waals surface area contributed by atoms with Crippen molar-refractivity contribution in [2.45, 2.75) is 13.3 Å². The number of nitrogens with zero attached hydrogens (tertiary/aromatic N) is 1. The summed E-state index contributed by atoms with van der Waals surface area (Å²) in [6, 6.07) is 7.30. The van der Waals surface area contributed by atoms with Crippen molar-refractivity contribution in [3.63, 3.8) is 0 Å². The average Bonchev–Trinajstić information content (AvgIpc) is 2.41. The third-order valence-electron chi connectivity index (χ3n) is 2.72. The van der Waals surface area contributed by atoms with E-state index in [4.69, 9.17) is 0 Å². The molecule has 2 rings (SSSR count). The van der Waals surface area contributed by atoms with Gasteiger partial charge in [0.05, 0.1) is 5.39 Å². The highest BCUT2D eigenvalue weighted by Crippen LogP contribution is 2.16. The molecule has 3 N–H and O–H groups in total. The first-order chi connectivity index (χ1) is 9.18. The smallest absolute Gasteiger partial charge is 0.272 e. The van der Waals surface area contributed by atoms with Crippen LogP contribution in [0.4, 0.5) is 5.82 Å². The van der Waals surface area contributed by atoms with Gasteiger partial charge in [0.1, 0.15) is 0 Å². The lowest BCUT2D eigenvalue weighted by Crippen LogP contribution is -2.23. The Labute approximate surface area is 110 Å². The van der Waals surface area contributed by atoms with Crippen molar-refractivity contribution < 1.29 is 4.79 Å². The Morgan fingerprint density at radius 3 is 2.74 bits per heavy atom. The predicted octanol–water partition coefficient (Wildman–Crippen LogP) is 0.861. The number of H-pyrrole nitrogens is 1. The first-order valence-electron chi connectivity index (χ1n) is 6.14. The molecule has 0 saturated carbocycles. The Bertz CT molecular complexity index is 636. The van der Waals surface area contributed by atoms with E-state index < -0.39 is 0 Å². The predicted molar refractivity (Wildman–Crippen MR) is 74.2 cm³/mol. The molecule has 2 aromatic rings. The van der Waals surface area contributed by atoms with Crippen LogP contribution in [-0.2, 0) is 4.79 Å². The molecule has 6 nitrogen and oxygen atoms in total. The summed E-state index contributed by atoms with van der Waals surface area (Å²) in [5.41, 5.74) is -0.195. The molecule has 0 aliphatic heterocycles. The van der Waals surface area contributed by atoms with Gasteiger partial charge in [-0.2, -0.15) is 5.10 Å². The van der Waals surface area contributed by atoms with Gasteiger partial charge in [0.25, 0.3) is 5.56 Å². The van der Waals surface area contributed by atoms with E-state index >= 15 is 0 Å². The van der Waals surface area contributed by atoms with Gasteiger partial charge in [-0.1, -0.05) is 18.2 Å². The lowest BCUT2D eigenvalue weighted by Gasteiger charge is -2.08. The number of amides is 1. The molecule has 0 spiro atoms. The summed E-state index contributed by atoms with van der Waals surface area (Å²) in [4.78, 5) is 22.3. The van der Waals surface area contributed by atoms with Crippen LogP contribution >= 0.6 is 0 Å². The van der Waals surface area contributed by atoms with Crippen molar-refractivity contribution in [3.8, 4) is 0 Å². The van der Waals surface area contributed by atoms with Crippen LogP contribution in [0.3, 0.4) is 0 Å². The average molecular weight is 260 g/mol. The third kappa shape index (κ3) is 3.31. The van der Waals surface area contributed by atoms with Crippen LogP contribution in [0.2, 0.25) is 0 Å². The maximum Gasteiger partial charge on any atom is 0.272 e. The number of aromatic amines is 1. The molecule has 1 heterocycles. The summed E-state index contributed by atoms with van der Waals surface area (Å²) in [5, 5.41) is 13.8. The van der Waals surface area contributed by atoms with E-state index in [0.29, 0.717) is 24.3 Å². The zero-order chi connectivity index (χ0) is 13.7. The van der Waals surface area contributed by atoms with Crippen LogP contribution in [0.25, 0.3) is 10.8 Å². The molecule has 1 aromatic heterocycles. The molecule has 19 heavy (non-hydrogen) atoms. The molecular weight excluding hydrogens is 244 g/mol. The largest absolute Gasteiger partial charge is 0.368 e. The van der Waals surface area contributed by atoms with Gasteiger partial charge in [-0.05, 0) is 12.5 Å². The highest BCUT2D eigenvalue weighted by atomic mass is 16.1. The zero-order valence-corrected chi connectivity index (χ0v) is 10.7. The number of benzene rings is 1. The van der Waals surface area contributed by atoms with E-state index in [1.807, 2.05) is 18.2 Å². The molecule has 6 heteroatoms. The topological polar surface area (TPSA) is 86.9 Å². The number of carbonyl (C=O) groups excluding carboxylic acids is 1. The van der Waals surface area contributed by atoms with E-state index in [9.17, 15) is 9.59 Å². The molecule has 0 bridgehead atoms. The standard InChI is InChI=1S/C13H16N4O2/c1-9(18)14-7-4-8-15-12-10-5-2-3-6-11(10)13(19)17-16-12/h2-3,5-6H,4,7-8H2,1H3,(H,14,18)(H,15,16)(H,17,19). The van der Waals surface area contributed by atoms with Gasteiger partial charge in [-0.15, -0.1) is 0 Å². The van der Waals surface area contributed by atoms with Crippen molar-refractivity contribution in [2.75, 3.05) is 18.4 Å². The molecule has 0 atom stereocenters. The van der Waals surface area contributed by atoms with Gasteiger partial charge in [0.2, 0.25) is 5.91 Å². The second kappa shape index (κ2) is 5.99. The maximum atomic E-state index is 11.6. The van der Waals surface area contributed by atoms with Gasteiger partial charge in [-0.3, -0.25) is 9.59 Å². The van der Waals surface area contributed by atoms with Crippen LogP contribution in [0.1, 0.15) is 13.3 Å². The fourth-order valence-electron chi connectivity index (χ4n) is 1.81. The van der Waals surface area contributed by atoms with Crippen molar-refractivity contribution in [2.24, 2.45) is 0 Å². The van der Waals surface area contributed by atoms with Crippen LogP contribution in [0.5, 0.6) is 0 Å². The number of carbonyl (C=O) groups is 1. The summed E-state index contributed by atoms with van der Waals surface area (Å²) >= 11 is 0. The Balaban J connectivity index is 2.03. The maximum absolute atomic E-state index is 11.6. The van der Waals surface area contributed by atoms with Gasteiger partial charge in [0.15, 0.2) is 5.82 Å². The van der Waals surface area contributed by atoms with Crippen LogP contribution < -0.4 is 16.2 Å². The number of hydrogen-bond acceptors (Lipinski definition) is 4. The minimum Gasteiger partial charge on any atom is -0.368 e. The molecule has 0 radical (unpaired) electrons. The Morgan fingerprint density at radius 1 is 1.26 bits per heavy atom. The van der Waals surface area contributed by atoms with Crippen molar-refractivity contribution in [1.29, 1.82) is 0 Å². The first-order valence-corrected chi connectivity index (χ1v) is 6.14. The van der Waals surface area contributed by atoms with Crippen molar-refractivity contribution in [3.05, 3.63) is 34.6 Å². The van der Waals surface area contributed by atoms with Crippen molar-refractivity contribution in [1.82, 2.24) is 15.5 Å². The van der Waals surface area contributed by atoms with Gasteiger partial charge < -0.3 is 10.6 Å². The van der Waals surface area contributed by atoms with Crippen LogP contribution in [0.15, 0.2) is 29.1 Å². The number of hydrogen-bond donors (Lipinski definition) is 3. The SMILES string of the molecule is CC(=O)NCCCNc1n[nH]c(=O)c2ccccc12. The molecule has 1 amide bonds. The first kappa shape index (κ1) is 13.1. The summed E-state index contributed by atoms with van der Waals surface area (Å²) in [6.07, 6.45) is 0.786. The highest BCUT2D eigenvalue weighted by molar-refractivity contribution is 5.90. The van der Waals surface area contributed by atoms with Crippen molar-refractivity contribution >= 4 is 22.5 Å². The molecule has 0 saturated heterocycles. The number of fused-ring (bicyclic) bond motifs is 1. The molecular formula is C13H16N4O2. The Hall–Kier alpha value is -2.37. The summed E-state index contributed by atoms with van der Waals surface area (Å²) in [5.74, 6) is 0.616. The highest BCUT2D eigenvalue weighted by Gasteiger charge is 2.04. The fourth-order valence-corrected chi connectivity index (χ4v) is 1.81. The van der Waals surface area contributed by atoms with E-state index in [-0.39, 0.29) is 11.5 Å². The van der Waals surface area contributed by atoms with Gasteiger partial charge in [0, 0.05) is 25.4 Å². The lowest BCUT2D eigenvalue weighted by atomic mass is 10.2. The quantitative estimate of drug-likeness (QED) is 0.696. The molecule has 1 aromatic carbocycles. The number of rotatable bonds is 5. The molecule has 0 fully saturated rings. The number of nitrogens with one attached hydrogen (secondary N) is 3. The second-order valence-electron chi connectivity index (χ2n) is 4.21. The fraction of sp³-hybridized carbons (Fsp3) is 0.308. The number of aromatic nitrogens is 2. The minimum atomic E-state index is -0.195. The third-order valence-corrected chi connectivity index (χ3v) is 2.72. The van der Waals surface area contributed by atoms with E-state index in [2.05, 4.69) is 20.8 Å². The Kier molecular flexibility index (Phi) is 4.12. The molecule has 0 aliphatic carbocycles. The van der Waals surface area contributed by atoms with Gasteiger partial charge >= 0.3 is 0 Å². The monoisotopic (exact) mass is 260 g/mol. The van der Waals surface area contributed by atoms with E-state index in [1.54, 1.807) is 6.07 Å². The van der Waals surface area contributed by atoms with Crippen LogP contribution in [0, 0.1) is 0 Å². The van der Waals surface area contributed by atoms with Gasteiger partial charge in [-0.25, -0.2) is 5.10 Å². The van der Waals surface area contributed by atoms with E-state index in [1.165, 1.54) is 6.92 Å². The summed E-state index contributed by atoms with van der Waals surface area (Å²) in [7, 11) is 0. The van der Waals surface area contributed by atoms with E-state index in [0.717, 1.165) is 11.8 Å². The molecule has 0 aliphatic rings. The lowest BCUT2D eigenvalue weighted by molar-refractivity contribution is -0.118. The molecule has 0 unspecified atom stereocenters. The second-order valence-corrected chi connectivity index (χ2v) is 4.21. The summed E-state index contributed by atoms with van der Waals surface area (Å²) in [6.45, 7) is 2.78. The van der Waals surface area contributed by atoms with Crippen LogP contribution in [-0.4, -0.2) is 29.2 Å². The molecule has 100 valence electrons. The Morgan fingerprint density at radius 2 is 2.00 bits per heavy atom.